The SMILES string of the molecule is Bc1nc(C(B)(B)N2CC(B)(B)Oc3c(B)c(B)c(-c4ccc(OC(F)(F)F)cc4)c(B)c3C2=O)nc(B)c1B. The Hall–Kier alpha value is -2.97. The van der Waals surface area contributed by atoms with Crippen LogP contribution in [0.4, 0.5) is 13.2 Å². The number of ether oxygens (including phenoxy) is 2. The van der Waals surface area contributed by atoms with Gasteiger partial charge in [0.25, 0.3) is 5.91 Å². The van der Waals surface area contributed by atoms with Gasteiger partial charge in [0.15, 0.2) is 15.7 Å². The van der Waals surface area contributed by atoms with Crippen LogP contribution in [0.15, 0.2) is 24.3 Å². The first kappa shape index (κ1) is 30.0. The highest BCUT2D eigenvalue weighted by Crippen LogP contribution is 2.32. The van der Waals surface area contributed by atoms with E-state index in [2.05, 4.69) is 4.74 Å². The summed E-state index contributed by atoms with van der Waals surface area (Å²) in [5.41, 5.74) is 6.95. The third-order valence-corrected chi connectivity index (χ3v) is 7.86. The Morgan fingerprint density at radius 1 is 0.850 bits per heavy atom. The number of aromatic nitrogens is 2. The van der Waals surface area contributed by atoms with Crippen molar-refractivity contribution < 1.29 is 27.4 Å². The van der Waals surface area contributed by atoms with Gasteiger partial charge in [-0.1, -0.05) is 34.0 Å². The third-order valence-electron chi connectivity index (χ3n) is 7.86. The molecule has 0 fully saturated rings. The summed E-state index contributed by atoms with van der Waals surface area (Å²) in [6.07, 6.45) is -4.78. The van der Waals surface area contributed by atoms with Gasteiger partial charge >= 0.3 is 6.36 Å². The predicted molar refractivity (Wildman–Crippen MR) is 180 cm³/mol. The van der Waals surface area contributed by atoms with Crippen LogP contribution >= 0.6 is 0 Å². The summed E-state index contributed by atoms with van der Waals surface area (Å²) in [5.74, 6) is 0.531. The summed E-state index contributed by atoms with van der Waals surface area (Å²) in [5, 5.41) is -1.60. The molecule has 0 saturated carbocycles. The van der Waals surface area contributed by atoms with Crippen LogP contribution in [0.2, 0.25) is 0 Å². The number of amides is 1. The number of alkyl halides is 3. The van der Waals surface area contributed by atoms with Crippen LogP contribution in [-0.2, 0) is 5.34 Å². The van der Waals surface area contributed by atoms with Crippen LogP contribution in [0, 0.1) is 0 Å². The molecule has 4 rings (SSSR count). The highest BCUT2D eigenvalue weighted by Gasteiger charge is 2.44. The van der Waals surface area contributed by atoms with E-state index in [-0.39, 0.29) is 11.7 Å². The molecule has 194 valence electrons. The van der Waals surface area contributed by atoms with Gasteiger partial charge in [-0.15, -0.1) is 13.2 Å². The maximum atomic E-state index is 14.5. The molecule has 2 aromatic carbocycles. The number of halogens is 3. The lowest BCUT2D eigenvalue weighted by Gasteiger charge is -2.41. The highest BCUT2D eigenvalue weighted by atomic mass is 19.4. The van der Waals surface area contributed by atoms with Gasteiger partial charge in [0, 0.05) is 11.9 Å². The standard InChI is InChI=1S/C21H26B10F3N3O3/c22-10-8(6-1-3-7(4-2-6)39-21(32,33)34)11(23)12(24)14-9(10)17(38)37(5-19(28,29)40-14)20(30,31)18-35-15(26)13(25)16(27)36-18/h1-4H,5,22-31H2. The van der Waals surface area contributed by atoms with Crippen molar-refractivity contribution in [3.8, 4) is 22.6 Å². The minimum atomic E-state index is -4.78. The Morgan fingerprint density at radius 3 is 1.93 bits per heavy atom. The number of carbonyl (C=O) groups is 1. The summed E-state index contributed by atoms with van der Waals surface area (Å²) in [6.45, 7) is 0.291. The van der Waals surface area contributed by atoms with Crippen LogP contribution in [0.3, 0.4) is 0 Å². The van der Waals surface area contributed by atoms with Crippen LogP contribution < -0.4 is 42.5 Å². The number of benzene rings is 2. The lowest BCUT2D eigenvalue weighted by atomic mass is 9.57. The second kappa shape index (κ2) is 10.1. The van der Waals surface area contributed by atoms with Crippen molar-refractivity contribution in [3.05, 3.63) is 35.7 Å². The van der Waals surface area contributed by atoms with Crippen molar-refractivity contribution in [1.82, 2.24) is 14.9 Å². The summed E-state index contributed by atoms with van der Waals surface area (Å²) in [7, 11) is 19.3. The Kier molecular flexibility index (Phi) is 7.60. The molecule has 3 aromatic rings. The molecule has 0 aliphatic carbocycles. The third kappa shape index (κ3) is 5.48. The molecular weight excluding hydrogens is 507 g/mol. The Balaban J connectivity index is 1.90. The van der Waals surface area contributed by atoms with Crippen molar-refractivity contribution in [2.75, 3.05) is 6.54 Å². The Morgan fingerprint density at radius 2 is 1.40 bits per heavy atom. The van der Waals surface area contributed by atoms with E-state index in [0.717, 1.165) is 33.1 Å². The zero-order valence-electron chi connectivity index (χ0n) is 24.7. The summed E-state index contributed by atoms with van der Waals surface area (Å²) in [6, 6.07) is 5.70. The highest BCUT2D eigenvalue weighted by molar-refractivity contribution is 6.57. The van der Waals surface area contributed by atoms with Crippen molar-refractivity contribution in [2.45, 2.75) is 17.1 Å². The van der Waals surface area contributed by atoms with Gasteiger partial charge in [0.2, 0.25) is 0 Å². The van der Waals surface area contributed by atoms with E-state index in [0.29, 0.717) is 34.7 Å². The van der Waals surface area contributed by atoms with E-state index < -0.39 is 17.1 Å². The van der Waals surface area contributed by atoms with E-state index in [1.54, 1.807) is 17.0 Å². The molecule has 0 atom stereocenters. The molecule has 1 aliphatic rings. The van der Waals surface area contributed by atoms with E-state index in [4.69, 9.17) is 14.7 Å². The van der Waals surface area contributed by atoms with E-state index in [1.165, 1.54) is 12.1 Å². The molecule has 0 spiro atoms. The second-order valence-corrected chi connectivity index (χ2v) is 11.7. The molecule has 19 heteroatoms. The molecule has 40 heavy (non-hydrogen) atoms. The first-order chi connectivity index (χ1) is 18.3. The quantitative estimate of drug-likeness (QED) is 0.312. The minimum absolute atomic E-state index is 0.219. The van der Waals surface area contributed by atoms with Gasteiger partial charge in [-0.3, -0.25) is 4.79 Å². The zero-order chi connectivity index (χ0) is 29.9. The largest absolute Gasteiger partial charge is 0.573 e. The van der Waals surface area contributed by atoms with Crippen LogP contribution in [0.5, 0.6) is 11.5 Å². The summed E-state index contributed by atoms with van der Waals surface area (Å²) in [4.78, 5) is 25.8. The first-order valence-electron chi connectivity index (χ1n) is 13.2. The minimum Gasteiger partial charge on any atom is -0.503 e. The zero-order valence-corrected chi connectivity index (χ0v) is 24.7. The second-order valence-electron chi connectivity index (χ2n) is 11.7. The molecule has 1 aromatic heterocycles. The first-order valence-corrected chi connectivity index (χ1v) is 13.2. The van der Waals surface area contributed by atoms with Gasteiger partial charge in [0.05, 0.1) is 11.0 Å². The number of hydrogen-bond acceptors (Lipinski definition) is 5. The fourth-order valence-electron chi connectivity index (χ4n) is 5.28. The van der Waals surface area contributed by atoms with Gasteiger partial charge in [-0.05, 0) is 34.4 Å². The Labute approximate surface area is 241 Å². The molecule has 0 bridgehead atoms. The lowest BCUT2D eigenvalue weighted by molar-refractivity contribution is -0.274. The van der Waals surface area contributed by atoms with Gasteiger partial charge < -0.3 is 14.4 Å². The molecule has 0 saturated heterocycles. The molecule has 0 radical (unpaired) electrons. The van der Waals surface area contributed by atoms with Crippen LogP contribution in [0.25, 0.3) is 11.1 Å². The van der Waals surface area contributed by atoms with E-state index in [9.17, 15) is 18.0 Å². The fourth-order valence-corrected chi connectivity index (χ4v) is 5.28. The number of fused-ring (bicyclic) bond motifs is 1. The van der Waals surface area contributed by atoms with E-state index >= 15 is 0 Å². The number of carbonyl (C=O) groups excluding carboxylic acids is 1. The van der Waals surface area contributed by atoms with Crippen molar-refractivity contribution in [3.63, 3.8) is 0 Å². The smallest absolute Gasteiger partial charge is 0.503 e. The lowest BCUT2D eigenvalue weighted by Crippen LogP contribution is -2.59. The summed E-state index contributed by atoms with van der Waals surface area (Å²) >= 11 is 0. The molecule has 1 amide bonds. The maximum absolute atomic E-state index is 14.5. The average Bonchev–Trinajstić information content (AvgIpc) is 2.94. The van der Waals surface area contributed by atoms with Crippen molar-refractivity contribution in [1.29, 1.82) is 0 Å². The van der Waals surface area contributed by atoms with Gasteiger partial charge in [-0.25, -0.2) is 9.97 Å². The normalized spacial score (nSPS) is 15.2. The van der Waals surface area contributed by atoms with E-state index in [1.807, 2.05) is 78.5 Å². The van der Waals surface area contributed by atoms with Gasteiger partial charge in [-0.2, -0.15) is 0 Å². The topological polar surface area (TPSA) is 64.6 Å². The van der Waals surface area contributed by atoms with Crippen LogP contribution in [0.1, 0.15) is 16.2 Å². The van der Waals surface area contributed by atoms with Crippen molar-refractivity contribution >= 4 is 117 Å². The Bertz CT molecular complexity index is 1500. The maximum Gasteiger partial charge on any atom is 0.573 e. The molecule has 2 heterocycles. The fraction of sp³-hybridized carbons (Fsp3) is 0.190. The molecule has 0 N–H and O–H groups in total. The molecule has 1 aliphatic heterocycles. The molecule has 6 nitrogen and oxygen atoms in total. The van der Waals surface area contributed by atoms with Crippen LogP contribution in [-0.4, -0.2) is 118 Å². The predicted octanol–water partition coefficient (Wildman–Crippen LogP) is -10.6. The monoisotopic (exact) mass is 535 g/mol. The summed E-state index contributed by atoms with van der Waals surface area (Å²) < 4.78 is 48.7. The van der Waals surface area contributed by atoms with Gasteiger partial charge in [0.1, 0.15) is 80.1 Å². The number of nitrogens with zero attached hydrogens (tertiary/aromatic N) is 3. The number of rotatable bonds is 4. The molecule has 0 unspecified atom stereocenters. The average molecular weight is 534 g/mol. The number of hydrogen-bond donors (Lipinski definition) is 0. The van der Waals surface area contributed by atoms with Crippen molar-refractivity contribution in [2.24, 2.45) is 0 Å². The molecular formula is C21H26B10F3N3O3.